The van der Waals surface area contributed by atoms with Crippen LogP contribution in [0.25, 0.3) is 22.1 Å². The van der Waals surface area contributed by atoms with E-state index in [4.69, 9.17) is 20.6 Å². The minimum Gasteiger partial charge on any atom is -0.488 e. The number of nitrogens with two attached hydrogens (primary N) is 1. The molecule has 1 aliphatic heterocycles. The van der Waals surface area contributed by atoms with Gasteiger partial charge in [-0.15, -0.1) is 0 Å². The van der Waals surface area contributed by atoms with Crippen LogP contribution in [0.2, 0.25) is 0 Å². The van der Waals surface area contributed by atoms with Crippen LogP contribution < -0.4 is 10.5 Å². The molecule has 0 radical (unpaired) electrons. The molecule has 5 N–H and O–H groups in total. The molecule has 1 fully saturated rings. The van der Waals surface area contributed by atoms with Crippen LogP contribution >= 0.6 is 0 Å². The minimum absolute atomic E-state index is 0.00343. The normalized spacial score (nSPS) is 16.5. The van der Waals surface area contributed by atoms with Gasteiger partial charge in [0.05, 0.1) is 29.1 Å². The van der Waals surface area contributed by atoms with E-state index in [0.29, 0.717) is 47.0 Å². The van der Waals surface area contributed by atoms with Crippen molar-refractivity contribution in [2.24, 2.45) is 5.73 Å². The van der Waals surface area contributed by atoms with Gasteiger partial charge in [-0.25, -0.2) is 14.4 Å². The Morgan fingerprint density at radius 3 is 2.83 bits per heavy atom. The highest BCUT2D eigenvalue weighted by Gasteiger charge is 2.18. The maximum absolute atomic E-state index is 14.1. The first-order valence-electron chi connectivity index (χ1n) is 9.81. The van der Waals surface area contributed by atoms with Gasteiger partial charge in [-0.2, -0.15) is 0 Å². The number of fused-ring (bicyclic) bond motifs is 2. The maximum Gasteiger partial charge on any atom is 0.150 e. The van der Waals surface area contributed by atoms with Gasteiger partial charge in [0.25, 0.3) is 0 Å². The van der Waals surface area contributed by atoms with Crippen LogP contribution in [0.5, 0.6) is 5.75 Å². The highest BCUT2D eigenvalue weighted by Crippen LogP contribution is 2.27. The zero-order chi connectivity index (χ0) is 20.7. The molecule has 0 spiro atoms. The smallest absolute Gasteiger partial charge is 0.150 e. The molecule has 2 aromatic carbocycles. The van der Waals surface area contributed by atoms with Gasteiger partial charge in [0.1, 0.15) is 41.2 Å². The zero-order valence-corrected chi connectivity index (χ0v) is 16.2. The summed E-state index contributed by atoms with van der Waals surface area (Å²) < 4.78 is 25.5. The second kappa shape index (κ2) is 7.42. The summed E-state index contributed by atoms with van der Waals surface area (Å²) in [4.78, 5) is 15.6. The summed E-state index contributed by atoms with van der Waals surface area (Å²) in [5, 5.41) is 7.56. The third kappa shape index (κ3) is 3.59. The Balaban J connectivity index is 1.41. The van der Waals surface area contributed by atoms with Crippen LogP contribution in [-0.4, -0.2) is 45.1 Å². The molecule has 1 unspecified atom stereocenters. The summed E-state index contributed by atoms with van der Waals surface area (Å²) in [6.45, 7) is 1.12. The number of H-pyrrole nitrogens is 2. The Bertz CT molecular complexity index is 1240. The number of halogens is 1. The minimum atomic E-state index is -0.388. The van der Waals surface area contributed by atoms with Crippen molar-refractivity contribution in [3.63, 3.8) is 0 Å². The highest BCUT2D eigenvalue weighted by molar-refractivity contribution is 5.97. The molecule has 30 heavy (non-hydrogen) atoms. The van der Waals surface area contributed by atoms with E-state index in [9.17, 15) is 4.39 Å². The van der Waals surface area contributed by atoms with Gasteiger partial charge in [0.15, 0.2) is 0 Å². The first-order chi connectivity index (χ1) is 14.5. The molecule has 0 bridgehead atoms. The van der Waals surface area contributed by atoms with Gasteiger partial charge in [0, 0.05) is 18.2 Å². The number of hydrogen-bond donors (Lipinski definition) is 4. The first-order valence-corrected chi connectivity index (χ1v) is 9.81. The number of nitrogens with one attached hydrogen (secondary N) is 3. The lowest BCUT2D eigenvalue weighted by molar-refractivity contribution is 0.0683. The van der Waals surface area contributed by atoms with Crippen molar-refractivity contribution in [1.82, 2.24) is 19.9 Å². The van der Waals surface area contributed by atoms with Gasteiger partial charge in [0.2, 0.25) is 0 Å². The standard InChI is InChI=1S/C21H21FN6O2/c22-12-7-16-20(17(8-12)30-10-13-2-1-5-29-13)28-19(27-16)9-18-25-14-4-3-11(21(23)24)6-15(14)26-18/h3-4,6-8,13H,1-2,5,9-10H2,(H3,23,24)(H,25,26)(H,27,28). The summed E-state index contributed by atoms with van der Waals surface area (Å²) in [5.74, 6) is 1.35. The third-order valence-electron chi connectivity index (χ3n) is 5.19. The first kappa shape index (κ1) is 18.6. The lowest BCUT2D eigenvalue weighted by atomic mass is 10.2. The lowest BCUT2D eigenvalue weighted by Crippen LogP contribution is -2.16. The van der Waals surface area contributed by atoms with Crippen LogP contribution in [-0.2, 0) is 11.2 Å². The fraction of sp³-hybridized carbons (Fsp3) is 0.286. The van der Waals surface area contributed by atoms with Crippen LogP contribution in [0.4, 0.5) is 4.39 Å². The number of aromatic nitrogens is 4. The zero-order valence-electron chi connectivity index (χ0n) is 16.2. The Morgan fingerprint density at radius 1 is 1.20 bits per heavy atom. The predicted molar refractivity (Wildman–Crippen MR) is 110 cm³/mol. The molecule has 154 valence electrons. The monoisotopic (exact) mass is 408 g/mol. The second-order valence-electron chi connectivity index (χ2n) is 7.44. The summed E-state index contributed by atoms with van der Waals surface area (Å²) in [6.07, 6.45) is 2.41. The van der Waals surface area contributed by atoms with Gasteiger partial charge in [-0.05, 0) is 37.1 Å². The molecule has 2 aromatic heterocycles. The van der Waals surface area contributed by atoms with E-state index in [2.05, 4.69) is 19.9 Å². The van der Waals surface area contributed by atoms with Crippen LogP contribution in [0.15, 0.2) is 30.3 Å². The fourth-order valence-corrected chi connectivity index (χ4v) is 3.72. The molecule has 0 aliphatic carbocycles. The average Bonchev–Trinajstić information content (AvgIpc) is 3.44. The van der Waals surface area contributed by atoms with E-state index < -0.39 is 0 Å². The number of nitrogen functional groups attached to an aromatic ring is 1. The SMILES string of the molecule is N=C(N)c1ccc2[nH]c(Cc3nc4c(OCC5CCCO5)cc(F)cc4[nH]3)nc2c1. The molecule has 8 nitrogen and oxygen atoms in total. The van der Waals surface area contributed by atoms with Crippen molar-refractivity contribution in [3.05, 3.63) is 53.4 Å². The number of nitrogens with zero attached hydrogens (tertiary/aromatic N) is 2. The van der Waals surface area contributed by atoms with Gasteiger partial charge < -0.3 is 25.2 Å². The molecule has 1 aliphatic rings. The Kier molecular flexibility index (Phi) is 4.59. The fourth-order valence-electron chi connectivity index (χ4n) is 3.72. The van der Waals surface area contributed by atoms with E-state index in [1.807, 2.05) is 6.07 Å². The maximum atomic E-state index is 14.1. The molecule has 9 heteroatoms. The van der Waals surface area contributed by atoms with Crippen molar-refractivity contribution in [2.45, 2.75) is 25.4 Å². The van der Waals surface area contributed by atoms with E-state index in [1.165, 1.54) is 12.1 Å². The van der Waals surface area contributed by atoms with Crippen molar-refractivity contribution < 1.29 is 13.9 Å². The van der Waals surface area contributed by atoms with E-state index in [1.54, 1.807) is 12.1 Å². The van der Waals surface area contributed by atoms with Crippen molar-refractivity contribution in [1.29, 1.82) is 5.41 Å². The number of ether oxygens (including phenoxy) is 2. The largest absolute Gasteiger partial charge is 0.488 e. The Hall–Kier alpha value is -3.46. The van der Waals surface area contributed by atoms with E-state index in [0.717, 1.165) is 30.5 Å². The molecule has 0 saturated carbocycles. The Labute approximate surface area is 171 Å². The van der Waals surface area contributed by atoms with E-state index in [-0.39, 0.29) is 17.8 Å². The molecule has 5 rings (SSSR count). The summed E-state index contributed by atoms with van der Waals surface area (Å²) in [5.41, 5.74) is 8.89. The van der Waals surface area contributed by atoms with Gasteiger partial charge >= 0.3 is 0 Å². The van der Waals surface area contributed by atoms with Crippen LogP contribution in [0.1, 0.15) is 30.1 Å². The number of amidine groups is 1. The van der Waals surface area contributed by atoms with E-state index >= 15 is 0 Å². The highest BCUT2D eigenvalue weighted by atomic mass is 19.1. The number of imidazole rings is 2. The summed E-state index contributed by atoms with van der Waals surface area (Å²) in [7, 11) is 0. The molecule has 4 aromatic rings. The van der Waals surface area contributed by atoms with Gasteiger partial charge in [-0.1, -0.05) is 0 Å². The molecule has 1 saturated heterocycles. The number of hydrogen-bond acceptors (Lipinski definition) is 5. The van der Waals surface area contributed by atoms with Gasteiger partial charge in [-0.3, -0.25) is 5.41 Å². The number of benzene rings is 2. The van der Waals surface area contributed by atoms with Crippen molar-refractivity contribution >= 4 is 27.9 Å². The predicted octanol–water partition coefficient (Wildman–Crippen LogP) is 3.01. The van der Waals surface area contributed by atoms with Crippen LogP contribution in [0, 0.1) is 11.2 Å². The molecular formula is C21H21FN6O2. The molecule has 1 atom stereocenters. The molecule has 3 heterocycles. The molecular weight excluding hydrogens is 387 g/mol. The third-order valence-corrected chi connectivity index (χ3v) is 5.19. The number of rotatable bonds is 6. The summed E-state index contributed by atoms with van der Waals surface area (Å²) in [6, 6.07) is 8.14. The molecule has 0 amide bonds. The van der Waals surface area contributed by atoms with Crippen molar-refractivity contribution in [3.8, 4) is 5.75 Å². The topological polar surface area (TPSA) is 126 Å². The lowest BCUT2D eigenvalue weighted by Gasteiger charge is -2.11. The average molecular weight is 408 g/mol. The second-order valence-corrected chi connectivity index (χ2v) is 7.44. The van der Waals surface area contributed by atoms with Crippen molar-refractivity contribution in [2.75, 3.05) is 13.2 Å². The van der Waals surface area contributed by atoms with Crippen LogP contribution in [0.3, 0.4) is 0 Å². The quantitative estimate of drug-likeness (QED) is 0.288. The summed E-state index contributed by atoms with van der Waals surface area (Å²) >= 11 is 0. The Morgan fingerprint density at radius 2 is 2.03 bits per heavy atom. The number of aromatic amines is 2.